The number of nitrogens with zero attached hydrogens (tertiary/aromatic N) is 1. The lowest BCUT2D eigenvalue weighted by Crippen LogP contribution is -2.31. The molecule has 1 aliphatic rings. The first-order valence-corrected chi connectivity index (χ1v) is 9.49. The summed E-state index contributed by atoms with van der Waals surface area (Å²) >= 11 is 6.26. The molecule has 0 atom stereocenters. The zero-order valence-electron chi connectivity index (χ0n) is 16.7. The summed E-state index contributed by atoms with van der Waals surface area (Å²) in [5.74, 6) is 0.902. The maximum Gasteiger partial charge on any atom is 0.277 e. The van der Waals surface area contributed by atoms with Crippen molar-refractivity contribution in [3.8, 4) is 17.2 Å². The van der Waals surface area contributed by atoms with E-state index in [2.05, 4.69) is 13.8 Å². The Morgan fingerprint density at radius 3 is 2.17 bits per heavy atom. The number of carbonyl (C=O) groups is 2. The quantitative estimate of drug-likeness (QED) is 0.632. The minimum atomic E-state index is -0.584. The number of anilines is 1. The van der Waals surface area contributed by atoms with Crippen molar-refractivity contribution in [2.75, 3.05) is 25.7 Å². The van der Waals surface area contributed by atoms with Crippen molar-refractivity contribution in [2.45, 2.75) is 13.8 Å². The lowest BCUT2D eigenvalue weighted by Gasteiger charge is -2.17. The number of hydrogen-bond donors (Lipinski definition) is 0. The van der Waals surface area contributed by atoms with Gasteiger partial charge < -0.3 is 14.2 Å². The zero-order valence-corrected chi connectivity index (χ0v) is 17.4. The van der Waals surface area contributed by atoms with Crippen LogP contribution in [0.15, 0.2) is 47.5 Å². The van der Waals surface area contributed by atoms with Gasteiger partial charge in [-0.25, -0.2) is 4.90 Å². The predicted molar refractivity (Wildman–Crippen MR) is 112 cm³/mol. The Hall–Kier alpha value is -2.99. The molecule has 3 rings (SSSR count). The van der Waals surface area contributed by atoms with Gasteiger partial charge in [0.2, 0.25) is 0 Å². The van der Waals surface area contributed by atoms with Gasteiger partial charge in [0.1, 0.15) is 10.8 Å². The van der Waals surface area contributed by atoms with Gasteiger partial charge >= 0.3 is 0 Å². The van der Waals surface area contributed by atoms with Crippen LogP contribution in [0.5, 0.6) is 17.2 Å². The molecule has 1 aliphatic heterocycles. The van der Waals surface area contributed by atoms with Crippen LogP contribution in [0, 0.1) is 5.92 Å². The highest BCUT2D eigenvalue weighted by Gasteiger charge is 2.39. The number of benzene rings is 2. The summed E-state index contributed by atoms with van der Waals surface area (Å²) < 4.78 is 16.1. The van der Waals surface area contributed by atoms with E-state index in [1.807, 2.05) is 0 Å². The maximum atomic E-state index is 13.0. The highest BCUT2D eigenvalue weighted by molar-refractivity contribution is 6.60. The summed E-state index contributed by atoms with van der Waals surface area (Å²) in [5, 5.41) is -0.124. The molecule has 0 radical (unpaired) electrons. The fraction of sp³-hybridized carbons (Fsp3) is 0.273. The normalized spacial score (nSPS) is 14.1. The maximum absolute atomic E-state index is 13.0. The molecule has 0 saturated heterocycles. The molecule has 7 heteroatoms. The average molecular weight is 416 g/mol. The van der Waals surface area contributed by atoms with Crippen molar-refractivity contribution >= 4 is 34.7 Å². The van der Waals surface area contributed by atoms with Gasteiger partial charge in [-0.1, -0.05) is 37.6 Å². The highest BCUT2D eigenvalue weighted by Crippen LogP contribution is 2.38. The van der Waals surface area contributed by atoms with E-state index in [-0.39, 0.29) is 10.6 Å². The van der Waals surface area contributed by atoms with Gasteiger partial charge in [0, 0.05) is 6.07 Å². The van der Waals surface area contributed by atoms with Crippen LogP contribution in [-0.4, -0.2) is 32.6 Å². The molecule has 0 aliphatic carbocycles. The van der Waals surface area contributed by atoms with Gasteiger partial charge in [0.05, 0.1) is 32.1 Å². The second-order valence-corrected chi connectivity index (χ2v) is 7.28. The molecular weight excluding hydrogens is 394 g/mol. The Morgan fingerprint density at radius 1 is 0.931 bits per heavy atom. The van der Waals surface area contributed by atoms with E-state index in [1.165, 1.54) is 14.2 Å². The lowest BCUT2D eigenvalue weighted by atomic mass is 10.1. The van der Waals surface area contributed by atoms with Crippen molar-refractivity contribution in [1.29, 1.82) is 0 Å². The lowest BCUT2D eigenvalue weighted by molar-refractivity contribution is -0.119. The first-order valence-electron chi connectivity index (χ1n) is 9.11. The van der Waals surface area contributed by atoms with Gasteiger partial charge in [0.15, 0.2) is 11.5 Å². The third kappa shape index (κ3) is 4.07. The van der Waals surface area contributed by atoms with Crippen LogP contribution in [0.25, 0.3) is 5.57 Å². The van der Waals surface area contributed by atoms with E-state index in [0.29, 0.717) is 41.0 Å². The number of halogens is 1. The largest absolute Gasteiger partial charge is 0.493 e. The van der Waals surface area contributed by atoms with Crippen LogP contribution in [0.3, 0.4) is 0 Å². The van der Waals surface area contributed by atoms with Crippen molar-refractivity contribution in [2.24, 2.45) is 5.92 Å². The van der Waals surface area contributed by atoms with Crippen LogP contribution in [0.4, 0.5) is 5.69 Å². The summed E-state index contributed by atoms with van der Waals surface area (Å²) in [4.78, 5) is 26.8. The van der Waals surface area contributed by atoms with Crippen molar-refractivity contribution in [3.63, 3.8) is 0 Å². The van der Waals surface area contributed by atoms with Gasteiger partial charge in [-0.2, -0.15) is 0 Å². The summed E-state index contributed by atoms with van der Waals surface area (Å²) in [6, 6.07) is 11.7. The highest BCUT2D eigenvalue weighted by atomic mass is 35.5. The van der Waals surface area contributed by atoms with E-state index >= 15 is 0 Å². The first-order chi connectivity index (χ1) is 13.9. The topological polar surface area (TPSA) is 65.1 Å². The molecule has 0 fully saturated rings. The Morgan fingerprint density at radius 2 is 1.59 bits per heavy atom. The Balaban J connectivity index is 1.89. The molecule has 6 nitrogen and oxygen atoms in total. The molecule has 2 amide bonds. The second kappa shape index (κ2) is 8.57. The van der Waals surface area contributed by atoms with E-state index in [1.54, 1.807) is 42.5 Å². The van der Waals surface area contributed by atoms with Crippen LogP contribution >= 0.6 is 11.6 Å². The number of rotatable bonds is 7. The molecular formula is C22H22ClNO5. The molecule has 0 unspecified atom stereocenters. The van der Waals surface area contributed by atoms with Gasteiger partial charge in [-0.3, -0.25) is 9.59 Å². The van der Waals surface area contributed by atoms with E-state index < -0.39 is 11.8 Å². The molecule has 0 N–H and O–H groups in total. The molecule has 0 bridgehead atoms. The summed E-state index contributed by atoms with van der Waals surface area (Å²) in [6.45, 7) is 4.71. The minimum Gasteiger partial charge on any atom is -0.493 e. The summed E-state index contributed by atoms with van der Waals surface area (Å²) in [5.41, 5.74) is 1.05. The fourth-order valence-electron chi connectivity index (χ4n) is 2.93. The average Bonchev–Trinajstić information content (AvgIpc) is 2.94. The van der Waals surface area contributed by atoms with Crippen LogP contribution in [-0.2, 0) is 9.59 Å². The Kier molecular flexibility index (Phi) is 6.13. The van der Waals surface area contributed by atoms with Gasteiger partial charge in [-0.15, -0.1) is 0 Å². The minimum absolute atomic E-state index is 0.124. The Bertz CT molecular complexity index is 966. The third-order valence-electron chi connectivity index (χ3n) is 4.38. The number of methoxy groups -OCH3 is 2. The number of ether oxygens (including phenoxy) is 3. The van der Waals surface area contributed by atoms with Gasteiger partial charge in [0.25, 0.3) is 11.8 Å². The van der Waals surface area contributed by atoms with Crippen molar-refractivity contribution < 1.29 is 23.8 Å². The number of amides is 2. The van der Waals surface area contributed by atoms with Crippen LogP contribution < -0.4 is 19.1 Å². The first kappa shape index (κ1) is 20.7. The van der Waals surface area contributed by atoms with E-state index in [9.17, 15) is 9.59 Å². The smallest absolute Gasteiger partial charge is 0.277 e. The second-order valence-electron chi connectivity index (χ2n) is 6.90. The zero-order chi connectivity index (χ0) is 21.1. The SMILES string of the molecule is COc1ccc(N2C(=O)C(Cl)=C(c3ccc(OCC(C)C)cc3)C2=O)cc1OC. The predicted octanol–water partition coefficient (Wildman–Crippen LogP) is 4.26. The summed E-state index contributed by atoms with van der Waals surface area (Å²) in [7, 11) is 2.99. The molecule has 0 spiro atoms. The molecule has 152 valence electrons. The molecule has 0 saturated carbocycles. The van der Waals surface area contributed by atoms with Gasteiger partial charge in [-0.05, 0) is 35.7 Å². The molecule has 2 aromatic rings. The van der Waals surface area contributed by atoms with Crippen LogP contribution in [0.2, 0.25) is 0 Å². The van der Waals surface area contributed by atoms with E-state index in [0.717, 1.165) is 4.90 Å². The Labute approximate surface area is 174 Å². The number of carbonyl (C=O) groups excluding carboxylic acids is 2. The fourth-order valence-corrected chi connectivity index (χ4v) is 3.21. The van der Waals surface area contributed by atoms with Crippen molar-refractivity contribution in [1.82, 2.24) is 0 Å². The van der Waals surface area contributed by atoms with Crippen LogP contribution in [0.1, 0.15) is 19.4 Å². The summed E-state index contributed by atoms with van der Waals surface area (Å²) in [6.07, 6.45) is 0. The molecule has 2 aromatic carbocycles. The monoisotopic (exact) mass is 415 g/mol. The number of hydrogen-bond acceptors (Lipinski definition) is 5. The molecule has 0 aromatic heterocycles. The molecule has 29 heavy (non-hydrogen) atoms. The van der Waals surface area contributed by atoms with Crippen molar-refractivity contribution in [3.05, 3.63) is 53.1 Å². The third-order valence-corrected chi connectivity index (χ3v) is 4.73. The molecule has 1 heterocycles. The van der Waals surface area contributed by atoms with E-state index in [4.69, 9.17) is 25.8 Å². The number of imide groups is 1. The standard InChI is InChI=1S/C22H22ClNO5/c1-13(2)12-29-16-8-5-14(6-9-16)19-20(23)22(26)24(21(19)25)15-7-10-17(27-3)18(11-15)28-4/h5-11,13H,12H2,1-4H3.